The van der Waals surface area contributed by atoms with E-state index < -0.39 is 11.6 Å². The summed E-state index contributed by atoms with van der Waals surface area (Å²) in [7, 11) is 0. The van der Waals surface area contributed by atoms with Gasteiger partial charge in [0.25, 0.3) is 0 Å². The molecule has 2 rings (SSSR count). The van der Waals surface area contributed by atoms with E-state index in [9.17, 15) is 8.78 Å². The molecule has 0 aliphatic heterocycles. The van der Waals surface area contributed by atoms with Crippen LogP contribution in [-0.2, 0) is 11.3 Å². The summed E-state index contributed by atoms with van der Waals surface area (Å²) in [5, 5.41) is 9.02. The molecule has 0 spiro atoms. The molecule has 1 aliphatic rings. The summed E-state index contributed by atoms with van der Waals surface area (Å²) in [4.78, 5) is 0. The first-order chi connectivity index (χ1) is 8.69. The lowest BCUT2D eigenvalue weighted by molar-refractivity contribution is 0.00109. The molecule has 1 fully saturated rings. The van der Waals surface area contributed by atoms with Crippen LogP contribution in [0.3, 0.4) is 0 Å². The van der Waals surface area contributed by atoms with Crippen LogP contribution in [0.25, 0.3) is 0 Å². The highest BCUT2D eigenvalue weighted by Gasteiger charge is 2.20. The van der Waals surface area contributed by atoms with Crippen molar-refractivity contribution in [3.05, 3.63) is 35.4 Å². The van der Waals surface area contributed by atoms with Crippen molar-refractivity contribution >= 4 is 0 Å². The van der Waals surface area contributed by atoms with Crippen LogP contribution >= 0.6 is 0 Å². The molecule has 100 valence electrons. The number of ether oxygens (including phenoxy) is 1. The fourth-order valence-electron chi connectivity index (χ4n) is 2.32. The largest absolute Gasteiger partial charge is 0.396 e. The second-order valence-electron chi connectivity index (χ2n) is 4.88. The maximum atomic E-state index is 13.0. The van der Waals surface area contributed by atoms with Gasteiger partial charge in [-0.2, -0.15) is 0 Å². The van der Waals surface area contributed by atoms with Gasteiger partial charge in [-0.1, -0.05) is 6.07 Å². The highest BCUT2D eigenvalue weighted by atomic mass is 19.2. The molecule has 18 heavy (non-hydrogen) atoms. The van der Waals surface area contributed by atoms with Gasteiger partial charge in [-0.25, -0.2) is 8.78 Å². The zero-order valence-electron chi connectivity index (χ0n) is 10.2. The normalized spacial score (nSPS) is 24.2. The van der Waals surface area contributed by atoms with Crippen molar-refractivity contribution in [1.82, 2.24) is 0 Å². The molecule has 0 heterocycles. The van der Waals surface area contributed by atoms with Gasteiger partial charge in [-0.15, -0.1) is 0 Å². The average molecular weight is 256 g/mol. The smallest absolute Gasteiger partial charge is 0.159 e. The molecule has 0 saturated heterocycles. The second-order valence-corrected chi connectivity index (χ2v) is 4.88. The Morgan fingerprint density at radius 2 is 1.83 bits per heavy atom. The predicted molar refractivity (Wildman–Crippen MR) is 64.0 cm³/mol. The molecule has 0 atom stereocenters. The predicted octanol–water partition coefficient (Wildman–Crippen LogP) is 3.03. The number of halogens is 2. The molecule has 0 amide bonds. The Labute approximate surface area is 106 Å². The van der Waals surface area contributed by atoms with E-state index in [1.54, 1.807) is 0 Å². The van der Waals surface area contributed by atoms with Gasteiger partial charge in [0.2, 0.25) is 0 Å². The average Bonchev–Trinajstić information content (AvgIpc) is 2.41. The lowest BCUT2D eigenvalue weighted by Gasteiger charge is -2.27. The van der Waals surface area contributed by atoms with Crippen molar-refractivity contribution in [2.75, 3.05) is 6.61 Å². The van der Waals surface area contributed by atoms with Gasteiger partial charge in [0.15, 0.2) is 11.6 Å². The Balaban J connectivity index is 1.79. The molecule has 0 unspecified atom stereocenters. The Morgan fingerprint density at radius 3 is 2.44 bits per heavy atom. The van der Waals surface area contributed by atoms with E-state index in [1.807, 2.05) is 0 Å². The van der Waals surface area contributed by atoms with Gasteiger partial charge < -0.3 is 9.84 Å². The van der Waals surface area contributed by atoms with Crippen LogP contribution < -0.4 is 0 Å². The third-order valence-electron chi connectivity index (χ3n) is 3.52. The van der Waals surface area contributed by atoms with Gasteiger partial charge in [-0.3, -0.25) is 0 Å². The monoisotopic (exact) mass is 256 g/mol. The summed E-state index contributed by atoms with van der Waals surface area (Å²) in [6.45, 7) is 0.557. The topological polar surface area (TPSA) is 29.5 Å². The van der Waals surface area contributed by atoms with Gasteiger partial charge in [0, 0.05) is 6.61 Å². The molecule has 0 aromatic heterocycles. The van der Waals surface area contributed by atoms with Crippen molar-refractivity contribution in [2.45, 2.75) is 38.4 Å². The summed E-state index contributed by atoms with van der Waals surface area (Å²) >= 11 is 0. The van der Waals surface area contributed by atoms with E-state index >= 15 is 0 Å². The number of hydrogen-bond donors (Lipinski definition) is 1. The van der Waals surface area contributed by atoms with Crippen molar-refractivity contribution < 1.29 is 18.6 Å². The van der Waals surface area contributed by atoms with Crippen molar-refractivity contribution in [1.29, 1.82) is 0 Å². The zero-order valence-corrected chi connectivity index (χ0v) is 10.2. The lowest BCUT2D eigenvalue weighted by Crippen LogP contribution is -2.23. The van der Waals surface area contributed by atoms with Crippen LogP contribution in [0, 0.1) is 17.6 Å². The Bertz CT molecular complexity index is 387. The summed E-state index contributed by atoms with van der Waals surface area (Å²) < 4.78 is 31.4. The first-order valence-electron chi connectivity index (χ1n) is 6.35. The number of benzene rings is 1. The third kappa shape index (κ3) is 3.50. The molecule has 4 heteroatoms. The minimum Gasteiger partial charge on any atom is -0.396 e. The van der Waals surface area contributed by atoms with Gasteiger partial charge in [0.05, 0.1) is 12.7 Å². The molecule has 2 nitrogen and oxygen atoms in total. The van der Waals surface area contributed by atoms with E-state index in [4.69, 9.17) is 9.84 Å². The van der Waals surface area contributed by atoms with Crippen LogP contribution in [-0.4, -0.2) is 17.8 Å². The standard InChI is InChI=1S/C14H18F2O2/c15-13-6-3-11(7-14(13)16)9-18-12-4-1-10(8-17)2-5-12/h3,6-7,10,12,17H,1-2,4-5,8-9H2. The first kappa shape index (κ1) is 13.4. The maximum absolute atomic E-state index is 13.0. The van der Waals surface area contributed by atoms with Crippen LogP contribution in [0.15, 0.2) is 18.2 Å². The summed E-state index contributed by atoms with van der Waals surface area (Å²) in [5.74, 6) is -1.27. The maximum Gasteiger partial charge on any atom is 0.159 e. The minimum atomic E-state index is -0.833. The van der Waals surface area contributed by atoms with E-state index in [0.717, 1.165) is 31.7 Å². The molecule has 1 N–H and O–H groups in total. The van der Waals surface area contributed by atoms with E-state index in [0.29, 0.717) is 18.1 Å². The van der Waals surface area contributed by atoms with Crippen LogP contribution in [0.2, 0.25) is 0 Å². The minimum absolute atomic E-state index is 0.168. The highest BCUT2D eigenvalue weighted by Crippen LogP contribution is 2.26. The molecular formula is C14H18F2O2. The number of aliphatic hydroxyl groups is 1. The van der Waals surface area contributed by atoms with Crippen LogP contribution in [0.5, 0.6) is 0 Å². The van der Waals surface area contributed by atoms with Crippen LogP contribution in [0.1, 0.15) is 31.2 Å². The highest BCUT2D eigenvalue weighted by molar-refractivity contribution is 5.16. The second kappa shape index (κ2) is 6.25. The Kier molecular flexibility index (Phi) is 4.66. The SMILES string of the molecule is OCC1CCC(OCc2ccc(F)c(F)c2)CC1. The van der Waals surface area contributed by atoms with Crippen molar-refractivity contribution in [2.24, 2.45) is 5.92 Å². The summed E-state index contributed by atoms with van der Waals surface area (Å²) in [6, 6.07) is 3.84. The Morgan fingerprint density at radius 1 is 1.11 bits per heavy atom. The van der Waals surface area contributed by atoms with Gasteiger partial charge >= 0.3 is 0 Å². The number of hydrogen-bond acceptors (Lipinski definition) is 2. The summed E-state index contributed by atoms with van der Waals surface area (Å²) in [6.07, 6.45) is 3.96. The summed E-state index contributed by atoms with van der Waals surface area (Å²) in [5.41, 5.74) is 0.651. The van der Waals surface area contributed by atoms with Crippen molar-refractivity contribution in [3.8, 4) is 0 Å². The fourth-order valence-corrected chi connectivity index (χ4v) is 2.32. The zero-order chi connectivity index (χ0) is 13.0. The number of rotatable bonds is 4. The molecule has 1 aromatic carbocycles. The molecule has 0 radical (unpaired) electrons. The van der Waals surface area contributed by atoms with Gasteiger partial charge in [0.1, 0.15) is 0 Å². The molecule has 1 aliphatic carbocycles. The molecule has 1 saturated carbocycles. The third-order valence-corrected chi connectivity index (χ3v) is 3.52. The molecule has 1 aromatic rings. The van der Waals surface area contributed by atoms with Gasteiger partial charge in [-0.05, 0) is 49.3 Å². The molecular weight excluding hydrogens is 238 g/mol. The van der Waals surface area contributed by atoms with Crippen molar-refractivity contribution in [3.63, 3.8) is 0 Å². The number of aliphatic hydroxyl groups excluding tert-OH is 1. The first-order valence-corrected chi connectivity index (χ1v) is 6.35. The van der Waals surface area contributed by atoms with E-state index in [-0.39, 0.29) is 12.7 Å². The lowest BCUT2D eigenvalue weighted by atomic mass is 9.88. The van der Waals surface area contributed by atoms with Crippen LogP contribution in [0.4, 0.5) is 8.78 Å². The quantitative estimate of drug-likeness (QED) is 0.897. The van der Waals surface area contributed by atoms with E-state index in [2.05, 4.69) is 0 Å². The molecule has 0 bridgehead atoms. The fraction of sp³-hybridized carbons (Fsp3) is 0.571. The van der Waals surface area contributed by atoms with E-state index in [1.165, 1.54) is 12.1 Å². The Hall–Kier alpha value is -1.00.